The van der Waals surface area contributed by atoms with Gasteiger partial charge in [0.1, 0.15) is 5.69 Å². The average Bonchev–Trinajstić information content (AvgIpc) is 3.38. The van der Waals surface area contributed by atoms with E-state index in [-0.39, 0.29) is 12.1 Å². The van der Waals surface area contributed by atoms with Crippen molar-refractivity contribution in [3.05, 3.63) is 47.9 Å². The Bertz CT molecular complexity index is 1040. The van der Waals surface area contributed by atoms with Gasteiger partial charge < -0.3 is 14.4 Å². The van der Waals surface area contributed by atoms with Crippen LogP contribution in [-0.2, 0) is 16.1 Å². The zero-order valence-electron chi connectivity index (χ0n) is 17.9. The van der Waals surface area contributed by atoms with Crippen molar-refractivity contribution in [2.24, 2.45) is 11.8 Å². The van der Waals surface area contributed by atoms with E-state index < -0.39 is 0 Å². The second-order valence-electron chi connectivity index (χ2n) is 8.66. The number of aryl methyl sites for hydroxylation is 1. The largest absolute Gasteiger partial charge is 0.379 e. The Morgan fingerprint density at radius 2 is 1.90 bits per heavy atom. The molecule has 4 atom stereocenters. The molecule has 1 aliphatic carbocycles. The summed E-state index contributed by atoms with van der Waals surface area (Å²) in [7, 11) is 3.50. The van der Waals surface area contributed by atoms with Crippen LogP contribution in [0, 0.1) is 18.8 Å². The van der Waals surface area contributed by atoms with E-state index in [1.165, 1.54) is 11.1 Å². The number of nitrogens with zero attached hydrogens (tertiary/aromatic N) is 5. The molecule has 3 heterocycles. The molecule has 1 aromatic carbocycles. The number of benzene rings is 1. The fourth-order valence-corrected chi connectivity index (χ4v) is 5.36. The van der Waals surface area contributed by atoms with Crippen LogP contribution in [0.15, 0.2) is 36.5 Å². The lowest BCUT2D eigenvalue weighted by molar-refractivity contribution is -0.00544. The molecule has 0 N–H and O–H groups in total. The number of pyridine rings is 1. The Labute approximate surface area is 177 Å². The summed E-state index contributed by atoms with van der Waals surface area (Å²) in [6.07, 6.45) is 4.26. The van der Waals surface area contributed by atoms with Crippen molar-refractivity contribution in [3.8, 4) is 0 Å². The number of ether oxygens (including phenoxy) is 2. The second kappa shape index (κ2) is 7.96. The highest BCUT2D eigenvalue weighted by Gasteiger charge is 2.43. The summed E-state index contributed by atoms with van der Waals surface area (Å²) in [5.74, 6) is 1.24. The molecule has 158 valence electrons. The first-order valence-corrected chi connectivity index (χ1v) is 10.7. The van der Waals surface area contributed by atoms with E-state index in [0.29, 0.717) is 18.4 Å². The monoisotopic (exact) mass is 407 g/mol. The van der Waals surface area contributed by atoms with E-state index in [4.69, 9.17) is 14.5 Å². The standard InChI is InChI=1S/C23H29N5O2/c1-15-8-21(19-6-4-5-7-20(19)24-15)27-11-16-9-22(23(30-3)10-17(16)12-27)28-13-18(14-29-2)25-26-28/h4-8,13,16-17,22-23H,9-12,14H2,1-3H3/t16-,17+,22-,23-/m1/s1. The van der Waals surface area contributed by atoms with Crippen molar-refractivity contribution in [1.29, 1.82) is 0 Å². The van der Waals surface area contributed by atoms with E-state index >= 15 is 0 Å². The summed E-state index contributed by atoms with van der Waals surface area (Å²) >= 11 is 0. The van der Waals surface area contributed by atoms with Gasteiger partial charge in [-0.05, 0) is 43.7 Å². The molecule has 30 heavy (non-hydrogen) atoms. The van der Waals surface area contributed by atoms with Crippen molar-refractivity contribution in [1.82, 2.24) is 20.0 Å². The van der Waals surface area contributed by atoms with Crippen LogP contribution in [0.5, 0.6) is 0 Å². The molecule has 2 fully saturated rings. The average molecular weight is 408 g/mol. The van der Waals surface area contributed by atoms with Gasteiger partial charge in [0.05, 0.1) is 30.5 Å². The van der Waals surface area contributed by atoms with E-state index in [2.05, 4.69) is 52.5 Å². The fourth-order valence-electron chi connectivity index (χ4n) is 5.36. The van der Waals surface area contributed by atoms with Crippen molar-refractivity contribution >= 4 is 16.6 Å². The minimum atomic E-state index is 0.152. The molecular weight excluding hydrogens is 378 g/mol. The van der Waals surface area contributed by atoms with Gasteiger partial charge in [-0.2, -0.15) is 0 Å². The topological polar surface area (TPSA) is 65.3 Å². The molecule has 0 amide bonds. The number of fused-ring (bicyclic) bond motifs is 2. The maximum Gasteiger partial charge on any atom is 0.108 e. The van der Waals surface area contributed by atoms with Crippen LogP contribution in [0.25, 0.3) is 10.9 Å². The van der Waals surface area contributed by atoms with Gasteiger partial charge in [-0.3, -0.25) is 4.98 Å². The fraction of sp³-hybridized carbons (Fsp3) is 0.522. The van der Waals surface area contributed by atoms with Gasteiger partial charge in [0, 0.05) is 44.1 Å². The molecule has 2 aliphatic rings. The normalized spacial score (nSPS) is 26.3. The lowest BCUT2D eigenvalue weighted by atomic mass is 9.77. The Morgan fingerprint density at radius 3 is 2.70 bits per heavy atom. The van der Waals surface area contributed by atoms with Crippen LogP contribution in [0.4, 0.5) is 5.69 Å². The highest BCUT2D eigenvalue weighted by atomic mass is 16.5. The lowest BCUT2D eigenvalue weighted by Crippen LogP contribution is -2.37. The van der Waals surface area contributed by atoms with Gasteiger partial charge in [-0.25, -0.2) is 4.68 Å². The Balaban J connectivity index is 1.40. The molecule has 7 heteroatoms. The van der Waals surface area contributed by atoms with Gasteiger partial charge in [-0.1, -0.05) is 23.4 Å². The summed E-state index contributed by atoms with van der Waals surface area (Å²) in [5.41, 5.74) is 4.31. The number of hydrogen-bond acceptors (Lipinski definition) is 6. The highest BCUT2D eigenvalue weighted by Crippen LogP contribution is 2.44. The van der Waals surface area contributed by atoms with Crippen molar-refractivity contribution < 1.29 is 9.47 Å². The van der Waals surface area contributed by atoms with Gasteiger partial charge in [0.25, 0.3) is 0 Å². The van der Waals surface area contributed by atoms with Crippen LogP contribution in [0.3, 0.4) is 0 Å². The van der Waals surface area contributed by atoms with Gasteiger partial charge in [0.15, 0.2) is 0 Å². The predicted octanol–water partition coefficient (Wildman–Crippen LogP) is 3.38. The molecule has 1 aliphatic heterocycles. The van der Waals surface area contributed by atoms with E-state index in [0.717, 1.165) is 42.8 Å². The Kier molecular flexibility index (Phi) is 5.16. The third kappa shape index (κ3) is 3.46. The smallest absolute Gasteiger partial charge is 0.108 e. The molecule has 0 unspecified atom stereocenters. The number of para-hydroxylation sites is 1. The molecule has 2 aromatic heterocycles. The van der Waals surface area contributed by atoms with Gasteiger partial charge in [0.2, 0.25) is 0 Å². The molecule has 3 aromatic rings. The van der Waals surface area contributed by atoms with E-state index in [9.17, 15) is 0 Å². The lowest BCUT2D eigenvalue weighted by Gasteiger charge is -2.36. The summed E-state index contributed by atoms with van der Waals surface area (Å²) < 4.78 is 13.1. The Morgan fingerprint density at radius 1 is 1.10 bits per heavy atom. The van der Waals surface area contributed by atoms with Crippen molar-refractivity contribution in [2.75, 3.05) is 32.2 Å². The number of rotatable bonds is 5. The number of hydrogen-bond donors (Lipinski definition) is 0. The summed E-state index contributed by atoms with van der Waals surface area (Å²) in [4.78, 5) is 7.27. The zero-order chi connectivity index (χ0) is 20.7. The van der Waals surface area contributed by atoms with Gasteiger partial charge >= 0.3 is 0 Å². The van der Waals surface area contributed by atoms with Crippen LogP contribution < -0.4 is 4.90 Å². The first-order valence-electron chi connectivity index (χ1n) is 10.7. The third-order valence-corrected chi connectivity index (χ3v) is 6.74. The van der Waals surface area contributed by atoms with Crippen LogP contribution >= 0.6 is 0 Å². The van der Waals surface area contributed by atoms with E-state index in [1.54, 1.807) is 7.11 Å². The van der Waals surface area contributed by atoms with Crippen LogP contribution in [0.1, 0.15) is 30.3 Å². The number of anilines is 1. The highest BCUT2D eigenvalue weighted by molar-refractivity contribution is 5.92. The molecule has 1 saturated carbocycles. The molecular formula is C23H29N5O2. The number of aromatic nitrogens is 4. The minimum absolute atomic E-state index is 0.152. The molecule has 1 saturated heterocycles. The predicted molar refractivity (Wildman–Crippen MR) is 115 cm³/mol. The number of methoxy groups -OCH3 is 2. The first kappa shape index (κ1) is 19.5. The SMILES string of the molecule is COCc1cn([C@@H]2C[C@@H]3CN(c4cc(C)nc5ccccc45)C[C@@H]3C[C@H]2OC)nn1. The Hall–Kier alpha value is -2.51. The van der Waals surface area contributed by atoms with Crippen molar-refractivity contribution in [3.63, 3.8) is 0 Å². The van der Waals surface area contributed by atoms with E-state index in [1.807, 2.05) is 18.0 Å². The quantitative estimate of drug-likeness (QED) is 0.646. The summed E-state index contributed by atoms with van der Waals surface area (Å²) in [5, 5.41) is 9.88. The third-order valence-electron chi connectivity index (χ3n) is 6.74. The van der Waals surface area contributed by atoms with Crippen molar-refractivity contribution in [2.45, 2.75) is 38.5 Å². The van der Waals surface area contributed by atoms with Crippen LogP contribution in [-0.4, -0.2) is 53.4 Å². The zero-order valence-corrected chi connectivity index (χ0v) is 17.9. The summed E-state index contributed by atoms with van der Waals surface area (Å²) in [6.45, 7) is 4.69. The minimum Gasteiger partial charge on any atom is -0.379 e. The first-order chi connectivity index (χ1) is 14.7. The molecule has 0 spiro atoms. The van der Waals surface area contributed by atoms with Gasteiger partial charge in [-0.15, -0.1) is 5.10 Å². The molecule has 5 rings (SSSR count). The molecule has 0 bridgehead atoms. The maximum atomic E-state index is 5.92. The molecule has 7 nitrogen and oxygen atoms in total. The summed E-state index contributed by atoms with van der Waals surface area (Å²) in [6, 6.07) is 10.9. The van der Waals surface area contributed by atoms with Crippen LogP contribution in [0.2, 0.25) is 0 Å². The molecule has 0 radical (unpaired) electrons. The maximum absolute atomic E-state index is 5.92. The second-order valence-corrected chi connectivity index (χ2v) is 8.66.